The number of ether oxygens (including phenoxy) is 2. The predicted octanol–water partition coefficient (Wildman–Crippen LogP) is 3.81. The summed E-state index contributed by atoms with van der Waals surface area (Å²) in [5.41, 5.74) is 1.16. The quantitative estimate of drug-likeness (QED) is 0.314. The van der Waals surface area contributed by atoms with Crippen LogP contribution < -0.4 is 0 Å². The first kappa shape index (κ1) is 25.6. The van der Waals surface area contributed by atoms with Crippen molar-refractivity contribution >= 4 is 17.6 Å². The van der Waals surface area contributed by atoms with Crippen LogP contribution in [0.2, 0.25) is 0 Å². The summed E-state index contributed by atoms with van der Waals surface area (Å²) in [7, 11) is 0. The number of aromatic hydroxyl groups is 1. The average molecular weight is 433 g/mol. The lowest BCUT2D eigenvalue weighted by Gasteiger charge is -2.14. The molecule has 0 spiro atoms. The number of benzene rings is 2. The predicted molar refractivity (Wildman–Crippen MR) is 113 cm³/mol. The molecular formula is C22H27NO8. The number of esters is 1. The Bertz CT molecular complexity index is 892. The number of nitro groups is 1. The molecule has 168 valence electrons. The maximum atomic E-state index is 10.7. The zero-order valence-corrected chi connectivity index (χ0v) is 17.9. The molecule has 0 aromatic heterocycles. The van der Waals surface area contributed by atoms with Gasteiger partial charge in [0.1, 0.15) is 12.4 Å². The molecule has 1 unspecified atom stereocenters. The van der Waals surface area contributed by atoms with Crippen molar-refractivity contribution in [2.75, 3.05) is 13.2 Å². The molecule has 1 saturated heterocycles. The van der Waals surface area contributed by atoms with Crippen LogP contribution in [-0.4, -0.2) is 40.3 Å². The Hall–Kier alpha value is -3.46. The Morgan fingerprint density at radius 2 is 1.77 bits per heavy atom. The van der Waals surface area contributed by atoms with E-state index >= 15 is 0 Å². The van der Waals surface area contributed by atoms with Gasteiger partial charge in [-0.2, -0.15) is 0 Å². The lowest BCUT2D eigenvalue weighted by atomic mass is 9.98. The van der Waals surface area contributed by atoms with E-state index in [1.54, 1.807) is 44.2 Å². The van der Waals surface area contributed by atoms with Crippen molar-refractivity contribution in [1.82, 2.24) is 0 Å². The maximum absolute atomic E-state index is 10.7. The first-order valence-electron chi connectivity index (χ1n) is 9.48. The van der Waals surface area contributed by atoms with Crippen LogP contribution in [0.25, 0.3) is 0 Å². The minimum absolute atomic E-state index is 0.137. The number of carboxylic acids is 1. The van der Waals surface area contributed by atoms with Gasteiger partial charge in [-0.05, 0) is 18.6 Å². The van der Waals surface area contributed by atoms with Crippen molar-refractivity contribution in [3.63, 3.8) is 0 Å². The lowest BCUT2D eigenvalue weighted by molar-refractivity contribution is -0.384. The lowest BCUT2D eigenvalue weighted by Crippen LogP contribution is -2.19. The van der Waals surface area contributed by atoms with Gasteiger partial charge in [-0.1, -0.05) is 44.2 Å². The van der Waals surface area contributed by atoms with Crippen molar-refractivity contribution in [2.24, 2.45) is 5.92 Å². The van der Waals surface area contributed by atoms with E-state index in [1.165, 1.54) is 19.1 Å². The van der Waals surface area contributed by atoms with Crippen molar-refractivity contribution in [1.29, 1.82) is 0 Å². The van der Waals surface area contributed by atoms with Crippen LogP contribution in [0.3, 0.4) is 0 Å². The number of hydrogen-bond donors (Lipinski definition) is 2. The SMILES string of the molecule is CC(=O)OCC1(c2ccc(C)cc2O)CO1.CC(C)C(=O)O.O=[N+]([O-])c1ccccc1. The number of carboxylic acid groups (broad SMARTS) is 1. The second-order valence-corrected chi connectivity index (χ2v) is 7.17. The fourth-order valence-corrected chi connectivity index (χ4v) is 2.20. The zero-order chi connectivity index (χ0) is 23.6. The standard InChI is InChI=1S/C12H14O4.C6H5NO2.C4H8O2/c1-8-3-4-10(11(14)5-8)12(7-16-12)6-15-9(2)13;8-7(9)6-4-2-1-3-5-6;1-3(2)4(5)6/h3-5,14H,6-7H2,1-2H3;1-5H;3H,1-2H3,(H,5,6). The van der Waals surface area contributed by atoms with Gasteiger partial charge in [0.05, 0.1) is 17.4 Å². The number of nitro benzene ring substituents is 1. The van der Waals surface area contributed by atoms with Gasteiger partial charge in [0.2, 0.25) is 0 Å². The van der Waals surface area contributed by atoms with E-state index in [4.69, 9.17) is 14.6 Å². The minimum Gasteiger partial charge on any atom is -0.508 e. The highest BCUT2D eigenvalue weighted by atomic mass is 16.6. The van der Waals surface area contributed by atoms with Gasteiger partial charge in [0.15, 0.2) is 5.60 Å². The molecule has 1 heterocycles. The fraction of sp³-hybridized carbons (Fsp3) is 0.364. The summed E-state index contributed by atoms with van der Waals surface area (Å²) in [4.78, 5) is 30.0. The number of rotatable bonds is 5. The highest BCUT2D eigenvalue weighted by Crippen LogP contribution is 2.43. The van der Waals surface area contributed by atoms with Gasteiger partial charge in [0.25, 0.3) is 5.69 Å². The van der Waals surface area contributed by atoms with Gasteiger partial charge in [-0.15, -0.1) is 0 Å². The van der Waals surface area contributed by atoms with E-state index in [0.717, 1.165) is 5.56 Å². The number of aliphatic carboxylic acids is 1. The normalized spacial score (nSPS) is 16.2. The summed E-state index contributed by atoms with van der Waals surface area (Å²) in [6, 6.07) is 13.3. The first-order valence-corrected chi connectivity index (χ1v) is 9.48. The first-order chi connectivity index (χ1) is 14.5. The van der Waals surface area contributed by atoms with E-state index < -0.39 is 16.5 Å². The molecule has 0 amide bonds. The summed E-state index contributed by atoms with van der Waals surface area (Å²) in [6.45, 7) is 7.15. The van der Waals surface area contributed by atoms with E-state index in [9.17, 15) is 24.8 Å². The molecule has 1 aliphatic heterocycles. The molecule has 0 radical (unpaired) electrons. The topological polar surface area (TPSA) is 140 Å². The second kappa shape index (κ2) is 11.7. The molecule has 0 bridgehead atoms. The van der Waals surface area contributed by atoms with E-state index in [0.29, 0.717) is 12.2 Å². The third-order valence-electron chi connectivity index (χ3n) is 4.11. The molecule has 31 heavy (non-hydrogen) atoms. The highest BCUT2D eigenvalue weighted by Gasteiger charge is 2.49. The number of carbonyl (C=O) groups is 2. The zero-order valence-electron chi connectivity index (χ0n) is 17.9. The van der Waals surface area contributed by atoms with E-state index in [1.807, 2.05) is 13.0 Å². The molecular weight excluding hydrogens is 406 g/mol. The van der Waals surface area contributed by atoms with Crippen LogP contribution in [0.4, 0.5) is 5.69 Å². The molecule has 2 N–H and O–H groups in total. The maximum Gasteiger partial charge on any atom is 0.305 e. The molecule has 0 aliphatic carbocycles. The van der Waals surface area contributed by atoms with Gasteiger partial charge in [-0.25, -0.2) is 0 Å². The number of nitrogens with zero attached hydrogens (tertiary/aromatic N) is 1. The number of aryl methyl sites for hydroxylation is 1. The summed E-state index contributed by atoms with van der Waals surface area (Å²) < 4.78 is 10.2. The molecule has 0 saturated carbocycles. The van der Waals surface area contributed by atoms with Gasteiger partial charge in [0, 0.05) is 24.6 Å². The monoisotopic (exact) mass is 433 g/mol. The number of carbonyl (C=O) groups excluding carboxylic acids is 1. The van der Waals surface area contributed by atoms with Crippen molar-refractivity contribution in [3.05, 3.63) is 69.8 Å². The molecule has 1 atom stereocenters. The van der Waals surface area contributed by atoms with Gasteiger partial charge >= 0.3 is 11.9 Å². The number of phenols is 1. The molecule has 1 fully saturated rings. The Labute approximate surface area is 180 Å². The Kier molecular flexibility index (Phi) is 9.62. The van der Waals surface area contributed by atoms with Crippen molar-refractivity contribution in [2.45, 2.75) is 33.3 Å². The summed E-state index contributed by atoms with van der Waals surface area (Å²) in [5.74, 6) is -1.13. The van der Waals surface area contributed by atoms with Crippen LogP contribution in [0.5, 0.6) is 5.75 Å². The summed E-state index contributed by atoms with van der Waals surface area (Å²) in [6.07, 6.45) is 0. The average Bonchev–Trinajstić information content (AvgIpc) is 3.49. The molecule has 3 rings (SSSR count). The molecule has 2 aromatic carbocycles. The molecule has 9 heteroatoms. The second-order valence-electron chi connectivity index (χ2n) is 7.17. The smallest absolute Gasteiger partial charge is 0.305 e. The van der Waals surface area contributed by atoms with Crippen molar-refractivity contribution < 1.29 is 34.2 Å². The molecule has 2 aromatic rings. The number of non-ortho nitro benzene ring substituents is 1. The third-order valence-corrected chi connectivity index (χ3v) is 4.11. The van der Waals surface area contributed by atoms with Crippen molar-refractivity contribution in [3.8, 4) is 5.75 Å². The van der Waals surface area contributed by atoms with Crippen LogP contribution >= 0.6 is 0 Å². The molecule has 1 aliphatic rings. The fourth-order valence-electron chi connectivity index (χ4n) is 2.20. The molecule has 9 nitrogen and oxygen atoms in total. The number of epoxide rings is 1. The van der Waals surface area contributed by atoms with E-state index in [2.05, 4.69) is 0 Å². The largest absolute Gasteiger partial charge is 0.508 e. The Morgan fingerprint density at radius 1 is 1.23 bits per heavy atom. The minimum atomic E-state index is -0.741. The third kappa shape index (κ3) is 8.83. The Morgan fingerprint density at radius 3 is 2.13 bits per heavy atom. The van der Waals surface area contributed by atoms with E-state index in [-0.39, 0.29) is 29.9 Å². The number of hydrogen-bond acceptors (Lipinski definition) is 7. The number of phenolic OH excluding ortho intramolecular Hbond substituents is 1. The summed E-state index contributed by atoms with van der Waals surface area (Å²) >= 11 is 0. The number of para-hydroxylation sites is 1. The van der Waals surface area contributed by atoms with Crippen LogP contribution in [0, 0.1) is 23.0 Å². The van der Waals surface area contributed by atoms with Crippen LogP contribution in [0.15, 0.2) is 48.5 Å². The highest BCUT2D eigenvalue weighted by molar-refractivity contribution is 5.68. The summed E-state index contributed by atoms with van der Waals surface area (Å²) in [5, 5.41) is 27.8. The van der Waals surface area contributed by atoms with Crippen LogP contribution in [0.1, 0.15) is 31.9 Å². The van der Waals surface area contributed by atoms with Crippen LogP contribution in [-0.2, 0) is 24.7 Å². The van der Waals surface area contributed by atoms with Gasteiger partial charge < -0.3 is 19.7 Å². The Balaban J connectivity index is 0.000000270. The van der Waals surface area contributed by atoms with Gasteiger partial charge in [-0.3, -0.25) is 19.7 Å².